The molecule has 0 fully saturated rings. The van der Waals surface area contributed by atoms with Crippen molar-refractivity contribution in [2.24, 2.45) is 0 Å². The van der Waals surface area contributed by atoms with E-state index in [4.69, 9.17) is 5.11 Å². The lowest BCUT2D eigenvalue weighted by molar-refractivity contribution is -0.133. The second-order valence-corrected chi connectivity index (χ2v) is 4.78. The predicted octanol–water partition coefficient (Wildman–Crippen LogP) is 3.13. The number of aliphatic carboxylic acids is 1. The highest BCUT2D eigenvalue weighted by atomic mass is 32.2. The average Bonchev–Trinajstić information content (AvgIpc) is 2.80. The quantitative estimate of drug-likeness (QED) is 0.862. The summed E-state index contributed by atoms with van der Waals surface area (Å²) >= 11 is 0.839. The monoisotopic (exact) mass is 302 g/mol. The van der Waals surface area contributed by atoms with E-state index in [0.29, 0.717) is 0 Å². The standard InChI is InChI=1S/C12H9F3N2O2S/c13-7-2-1-3-8(4-7)17-10(20-6-11(18)19)5-9(16-17)12(14)15/h1-5,12H,6H2,(H,18,19). The van der Waals surface area contributed by atoms with Crippen molar-refractivity contribution in [3.63, 3.8) is 0 Å². The van der Waals surface area contributed by atoms with Crippen LogP contribution in [0.4, 0.5) is 13.2 Å². The van der Waals surface area contributed by atoms with Gasteiger partial charge in [0, 0.05) is 0 Å². The van der Waals surface area contributed by atoms with Crippen LogP contribution in [0.1, 0.15) is 12.1 Å². The number of aromatic nitrogens is 2. The van der Waals surface area contributed by atoms with Gasteiger partial charge < -0.3 is 5.11 Å². The molecular formula is C12H9F3N2O2S. The number of carbonyl (C=O) groups is 1. The molecule has 1 aromatic heterocycles. The summed E-state index contributed by atoms with van der Waals surface area (Å²) in [4.78, 5) is 10.6. The highest BCUT2D eigenvalue weighted by Crippen LogP contribution is 2.27. The molecule has 0 spiro atoms. The molecule has 0 saturated carbocycles. The number of halogens is 3. The second-order valence-electron chi connectivity index (χ2n) is 3.78. The van der Waals surface area contributed by atoms with Gasteiger partial charge in [-0.3, -0.25) is 4.79 Å². The minimum absolute atomic E-state index is 0.216. The summed E-state index contributed by atoms with van der Waals surface area (Å²) in [5.74, 6) is -1.92. The molecule has 0 amide bonds. The van der Waals surface area contributed by atoms with E-state index in [9.17, 15) is 18.0 Å². The van der Waals surface area contributed by atoms with Gasteiger partial charge >= 0.3 is 5.97 Å². The largest absolute Gasteiger partial charge is 0.481 e. The molecule has 0 aliphatic rings. The molecule has 0 atom stereocenters. The Kier molecular flexibility index (Phi) is 4.33. The fourth-order valence-electron chi connectivity index (χ4n) is 1.52. The van der Waals surface area contributed by atoms with Crippen molar-refractivity contribution in [2.75, 3.05) is 5.75 Å². The Labute approximate surface area is 116 Å². The summed E-state index contributed by atoms with van der Waals surface area (Å²) < 4.78 is 39.6. The summed E-state index contributed by atoms with van der Waals surface area (Å²) in [6.45, 7) is 0. The van der Waals surface area contributed by atoms with E-state index >= 15 is 0 Å². The molecule has 20 heavy (non-hydrogen) atoms. The molecule has 1 heterocycles. The lowest BCUT2D eigenvalue weighted by Gasteiger charge is -2.06. The summed E-state index contributed by atoms with van der Waals surface area (Å²) in [6, 6.07) is 6.36. The molecule has 4 nitrogen and oxygen atoms in total. The third kappa shape index (κ3) is 3.32. The van der Waals surface area contributed by atoms with Crippen LogP contribution >= 0.6 is 11.8 Å². The van der Waals surface area contributed by atoms with E-state index < -0.39 is 23.9 Å². The van der Waals surface area contributed by atoms with Gasteiger partial charge in [0.25, 0.3) is 6.43 Å². The van der Waals surface area contributed by atoms with Crippen LogP contribution in [-0.2, 0) is 4.79 Å². The van der Waals surface area contributed by atoms with Gasteiger partial charge in [-0.2, -0.15) is 5.10 Å². The number of carboxylic acid groups (broad SMARTS) is 1. The first-order valence-electron chi connectivity index (χ1n) is 5.46. The Morgan fingerprint density at radius 1 is 1.40 bits per heavy atom. The minimum Gasteiger partial charge on any atom is -0.481 e. The Bertz CT molecular complexity index is 631. The summed E-state index contributed by atoms with van der Waals surface area (Å²) in [6.07, 6.45) is -2.78. The Hall–Kier alpha value is -1.96. The van der Waals surface area contributed by atoms with Gasteiger partial charge in [0.15, 0.2) is 0 Å². The summed E-state index contributed by atoms with van der Waals surface area (Å²) in [5, 5.41) is 12.5. The molecule has 1 N–H and O–H groups in total. The zero-order valence-corrected chi connectivity index (χ0v) is 10.8. The van der Waals surface area contributed by atoms with E-state index in [2.05, 4.69) is 5.10 Å². The Morgan fingerprint density at radius 3 is 2.75 bits per heavy atom. The number of hydrogen-bond acceptors (Lipinski definition) is 3. The van der Waals surface area contributed by atoms with Crippen molar-refractivity contribution in [1.82, 2.24) is 9.78 Å². The van der Waals surface area contributed by atoms with E-state index in [0.717, 1.165) is 28.6 Å². The molecule has 0 radical (unpaired) electrons. The minimum atomic E-state index is -2.78. The van der Waals surface area contributed by atoms with Crippen LogP contribution in [0.3, 0.4) is 0 Å². The van der Waals surface area contributed by atoms with E-state index in [-0.39, 0.29) is 16.5 Å². The van der Waals surface area contributed by atoms with E-state index in [1.54, 1.807) is 0 Å². The van der Waals surface area contributed by atoms with Gasteiger partial charge in [-0.1, -0.05) is 17.8 Å². The van der Waals surface area contributed by atoms with E-state index in [1.165, 1.54) is 18.2 Å². The predicted molar refractivity (Wildman–Crippen MR) is 66.8 cm³/mol. The summed E-state index contributed by atoms with van der Waals surface area (Å²) in [5.41, 5.74) is -0.230. The molecule has 0 aliphatic carbocycles. The maximum Gasteiger partial charge on any atom is 0.313 e. The molecule has 0 saturated heterocycles. The van der Waals surface area contributed by atoms with Crippen LogP contribution in [0.2, 0.25) is 0 Å². The number of rotatable bonds is 5. The van der Waals surface area contributed by atoms with Gasteiger partial charge in [0.2, 0.25) is 0 Å². The van der Waals surface area contributed by atoms with E-state index in [1.807, 2.05) is 0 Å². The van der Waals surface area contributed by atoms with Crippen LogP contribution in [-0.4, -0.2) is 26.6 Å². The number of benzene rings is 1. The number of nitrogens with zero attached hydrogens (tertiary/aromatic N) is 2. The number of alkyl halides is 2. The topological polar surface area (TPSA) is 55.1 Å². The smallest absolute Gasteiger partial charge is 0.313 e. The van der Waals surface area contributed by atoms with Crippen molar-refractivity contribution in [2.45, 2.75) is 11.5 Å². The third-order valence-electron chi connectivity index (χ3n) is 2.32. The maximum atomic E-state index is 13.2. The lowest BCUT2D eigenvalue weighted by Crippen LogP contribution is -2.02. The SMILES string of the molecule is O=C(O)CSc1cc(C(F)F)nn1-c1cccc(F)c1. The van der Waals surface area contributed by atoms with Crippen molar-refractivity contribution in [1.29, 1.82) is 0 Å². The average molecular weight is 302 g/mol. The molecule has 0 unspecified atom stereocenters. The van der Waals surface area contributed by atoms with Crippen molar-refractivity contribution in [3.8, 4) is 5.69 Å². The fourth-order valence-corrected chi connectivity index (χ4v) is 2.26. The second kappa shape index (κ2) is 6.00. The number of hydrogen-bond donors (Lipinski definition) is 1. The maximum absolute atomic E-state index is 13.2. The third-order valence-corrected chi connectivity index (χ3v) is 3.29. The Morgan fingerprint density at radius 2 is 2.15 bits per heavy atom. The van der Waals surface area contributed by atoms with Crippen molar-refractivity contribution in [3.05, 3.63) is 41.8 Å². The fraction of sp³-hybridized carbons (Fsp3) is 0.167. The van der Waals surface area contributed by atoms with Crippen LogP contribution in [0.25, 0.3) is 5.69 Å². The molecule has 2 rings (SSSR count). The summed E-state index contributed by atoms with van der Waals surface area (Å²) in [7, 11) is 0. The number of carboxylic acids is 1. The zero-order valence-electron chi connectivity index (χ0n) is 9.96. The normalized spacial score (nSPS) is 11.0. The highest BCUT2D eigenvalue weighted by molar-refractivity contribution is 7.99. The molecule has 1 aromatic carbocycles. The van der Waals surface area contributed by atoms with Crippen molar-refractivity contribution < 1.29 is 23.1 Å². The van der Waals surface area contributed by atoms with Crippen LogP contribution in [0, 0.1) is 5.82 Å². The first-order chi connectivity index (χ1) is 9.47. The molecule has 2 aromatic rings. The van der Waals surface area contributed by atoms with Gasteiger partial charge in [-0.05, 0) is 24.3 Å². The molecule has 8 heteroatoms. The zero-order chi connectivity index (χ0) is 14.7. The van der Waals surface area contributed by atoms with Gasteiger partial charge in [0.05, 0.1) is 11.4 Å². The van der Waals surface area contributed by atoms with Gasteiger partial charge in [-0.15, -0.1) is 0 Å². The van der Waals surface area contributed by atoms with Crippen LogP contribution < -0.4 is 0 Å². The lowest BCUT2D eigenvalue weighted by atomic mass is 10.3. The number of thioether (sulfide) groups is 1. The molecule has 0 bridgehead atoms. The van der Waals surface area contributed by atoms with Gasteiger partial charge in [-0.25, -0.2) is 17.9 Å². The van der Waals surface area contributed by atoms with Gasteiger partial charge in [0.1, 0.15) is 16.5 Å². The first-order valence-corrected chi connectivity index (χ1v) is 6.44. The molecule has 0 aliphatic heterocycles. The highest BCUT2D eigenvalue weighted by Gasteiger charge is 2.17. The molecule has 106 valence electrons. The molecular weight excluding hydrogens is 293 g/mol. The Balaban J connectivity index is 2.41. The van der Waals surface area contributed by atoms with Crippen molar-refractivity contribution >= 4 is 17.7 Å². The first kappa shape index (κ1) is 14.4. The van der Waals surface area contributed by atoms with Crippen LogP contribution in [0.15, 0.2) is 35.4 Å². The van der Waals surface area contributed by atoms with Crippen LogP contribution in [0.5, 0.6) is 0 Å².